The number of aldehydes is 1. The van der Waals surface area contributed by atoms with Crippen LogP contribution in [-0.4, -0.2) is 29.4 Å². The smallest absolute Gasteiger partial charge is 0.344 e. The second kappa shape index (κ2) is 8.04. The van der Waals surface area contributed by atoms with E-state index in [1.54, 1.807) is 6.07 Å². The fourth-order valence-electron chi connectivity index (χ4n) is 1.80. The Morgan fingerprint density at radius 2 is 2.14 bits per heavy atom. The average molecular weight is 293 g/mol. The average Bonchev–Trinajstić information content (AvgIpc) is 2.43. The van der Waals surface area contributed by atoms with Gasteiger partial charge in [0.05, 0.1) is 5.56 Å². The molecule has 1 rings (SSSR count). The van der Waals surface area contributed by atoms with Gasteiger partial charge in [0, 0.05) is 12.6 Å². The number of carboxylic acid groups (broad SMARTS) is 1. The quantitative estimate of drug-likeness (QED) is 0.718. The van der Waals surface area contributed by atoms with Crippen molar-refractivity contribution in [2.45, 2.75) is 39.2 Å². The van der Waals surface area contributed by atoms with Crippen LogP contribution in [0.5, 0.6) is 5.75 Å². The number of carbonyl (C=O) groups is 3. The Kier molecular flexibility index (Phi) is 6.39. The Morgan fingerprint density at radius 1 is 1.43 bits per heavy atom. The monoisotopic (exact) mass is 293 g/mol. The standard InChI is InChI=1S/C15H19NO5/c1-3-4-5-14(15(19)20)21-13-7-6-12(16-10(2)18)8-11(13)9-17/h6-9,14H,3-5H2,1-2H3,(H,16,18)(H,19,20). The Bertz CT molecular complexity index is 527. The summed E-state index contributed by atoms with van der Waals surface area (Å²) in [4.78, 5) is 33.2. The van der Waals surface area contributed by atoms with Gasteiger partial charge in [0.2, 0.25) is 5.91 Å². The normalized spacial score (nSPS) is 11.5. The fraction of sp³-hybridized carbons (Fsp3) is 0.400. The van der Waals surface area contributed by atoms with E-state index in [1.807, 2.05) is 6.92 Å². The molecule has 0 heterocycles. The molecule has 0 fully saturated rings. The lowest BCUT2D eigenvalue weighted by Crippen LogP contribution is -2.27. The van der Waals surface area contributed by atoms with Crippen molar-refractivity contribution in [2.24, 2.45) is 0 Å². The molecule has 0 saturated carbocycles. The third-order valence-corrected chi connectivity index (χ3v) is 2.82. The minimum Gasteiger partial charge on any atom is -0.479 e. The molecule has 1 atom stereocenters. The van der Waals surface area contributed by atoms with E-state index in [0.29, 0.717) is 18.4 Å². The number of aliphatic carboxylic acids is 1. The van der Waals surface area contributed by atoms with Crippen molar-refractivity contribution >= 4 is 23.9 Å². The number of carbonyl (C=O) groups excluding carboxylic acids is 2. The van der Waals surface area contributed by atoms with Crippen LogP contribution < -0.4 is 10.1 Å². The highest BCUT2D eigenvalue weighted by Gasteiger charge is 2.20. The lowest BCUT2D eigenvalue weighted by atomic mass is 10.1. The molecule has 0 aliphatic rings. The van der Waals surface area contributed by atoms with Gasteiger partial charge in [-0.3, -0.25) is 9.59 Å². The van der Waals surface area contributed by atoms with Gasteiger partial charge in [0.1, 0.15) is 5.75 Å². The van der Waals surface area contributed by atoms with Crippen molar-refractivity contribution in [2.75, 3.05) is 5.32 Å². The summed E-state index contributed by atoms with van der Waals surface area (Å²) in [6.45, 7) is 3.31. The van der Waals surface area contributed by atoms with Crippen LogP contribution in [0.4, 0.5) is 5.69 Å². The number of nitrogens with one attached hydrogen (secondary N) is 1. The number of rotatable bonds is 8. The Hall–Kier alpha value is -2.37. The number of amides is 1. The number of hydrogen-bond acceptors (Lipinski definition) is 4. The van der Waals surface area contributed by atoms with Crippen LogP contribution in [0, 0.1) is 0 Å². The lowest BCUT2D eigenvalue weighted by Gasteiger charge is -2.16. The molecule has 6 nitrogen and oxygen atoms in total. The maximum atomic E-state index is 11.2. The second-order valence-electron chi connectivity index (χ2n) is 4.64. The van der Waals surface area contributed by atoms with Gasteiger partial charge in [0.15, 0.2) is 12.4 Å². The third kappa shape index (κ3) is 5.25. The minimum absolute atomic E-state index is 0.197. The number of carboxylic acids is 1. The maximum Gasteiger partial charge on any atom is 0.344 e. The summed E-state index contributed by atoms with van der Waals surface area (Å²) in [6, 6.07) is 4.49. The number of unbranched alkanes of at least 4 members (excludes halogenated alkanes) is 1. The first-order valence-corrected chi connectivity index (χ1v) is 6.74. The summed E-state index contributed by atoms with van der Waals surface area (Å²) in [6.07, 6.45) is 1.53. The van der Waals surface area contributed by atoms with Crippen LogP contribution in [0.15, 0.2) is 18.2 Å². The predicted octanol–water partition coefficient (Wildman–Crippen LogP) is 2.48. The molecule has 2 N–H and O–H groups in total. The maximum absolute atomic E-state index is 11.2. The molecule has 0 saturated heterocycles. The molecule has 0 radical (unpaired) electrons. The molecule has 0 aromatic heterocycles. The van der Waals surface area contributed by atoms with Crippen LogP contribution in [0.2, 0.25) is 0 Å². The van der Waals surface area contributed by atoms with E-state index >= 15 is 0 Å². The molecule has 0 bridgehead atoms. The number of benzene rings is 1. The molecular weight excluding hydrogens is 274 g/mol. The molecule has 1 unspecified atom stereocenters. The first-order valence-electron chi connectivity index (χ1n) is 6.74. The zero-order chi connectivity index (χ0) is 15.8. The fourth-order valence-corrected chi connectivity index (χ4v) is 1.80. The van der Waals surface area contributed by atoms with Crippen molar-refractivity contribution in [1.29, 1.82) is 0 Å². The summed E-state index contributed by atoms with van der Waals surface area (Å²) >= 11 is 0. The first-order chi connectivity index (χ1) is 9.97. The predicted molar refractivity (Wildman–Crippen MR) is 77.7 cm³/mol. The van der Waals surface area contributed by atoms with Crippen molar-refractivity contribution in [3.8, 4) is 5.75 Å². The van der Waals surface area contributed by atoms with Gasteiger partial charge in [0.25, 0.3) is 0 Å². The lowest BCUT2D eigenvalue weighted by molar-refractivity contribution is -0.145. The van der Waals surface area contributed by atoms with Crippen LogP contribution in [0.1, 0.15) is 43.5 Å². The zero-order valence-electron chi connectivity index (χ0n) is 12.1. The van der Waals surface area contributed by atoms with Crippen LogP contribution in [0.25, 0.3) is 0 Å². The van der Waals surface area contributed by atoms with E-state index < -0.39 is 12.1 Å². The molecule has 0 aliphatic heterocycles. The van der Waals surface area contributed by atoms with E-state index in [2.05, 4.69) is 5.32 Å². The molecule has 1 aromatic rings. The number of anilines is 1. The van der Waals surface area contributed by atoms with Gasteiger partial charge < -0.3 is 15.2 Å². The first kappa shape index (κ1) is 16.7. The highest BCUT2D eigenvalue weighted by molar-refractivity contribution is 5.91. The Labute approximate surface area is 123 Å². The highest BCUT2D eigenvalue weighted by Crippen LogP contribution is 2.23. The summed E-state index contributed by atoms with van der Waals surface area (Å²) in [7, 11) is 0. The summed E-state index contributed by atoms with van der Waals surface area (Å²) in [5, 5.41) is 11.7. The van der Waals surface area contributed by atoms with Crippen LogP contribution >= 0.6 is 0 Å². The van der Waals surface area contributed by atoms with Crippen LogP contribution in [-0.2, 0) is 9.59 Å². The van der Waals surface area contributed by atoms with Crippen LogP contribution in [0.3, 0.4) is 0 Å². The summed E-state index contributed by atoms with van der Waals surface area (Å²) < 4.78 is 5.42. The molecule has 21 heavy (non-hydrogen) atoms. The molecule has 1 aromatic carbocycles. The SMILES string of the molecule is CCCCC(Oc1ccc(NC(C)=O)cc1C=O)C(=O)O. The van der Waals surface area contributed by atoms with Gasteiger partial charge in [-0.15, -0.1) is 0 Å². The highest BCUT2D eigenvalue weighted by atomic mass is 16.5. The molecule has 1 amide bonds. The van der Waals surface area contributed by atoms with E-state index in [9.17, 15) is 14.4 Å². The third-order valence-electron chi connectivity index (χ3n) is 2.82. The molecule has 0 aliphatic carbocycles. The molecule has 0 spiro atoms. The zero-order valence-corrected chi connectivity index (χ0v) is 12.1. The van der Waals surface area contributed by atoms with Crippen molar-refractivity contribution in [3.05, 3.63) is 23.8 Å². The van der Waals surface area contributed by atoms with Crippen molar-refractivity contribution in [3.63, 3.8) is 0 Å². The van der Waals surface area contributed by atoms with E-state index in [0.717, 1.165) is 12.8 Å². The molecule has 6 heteroatoms. The van der Waals surface area contributed by atoms with Crippen molar-refractivity contribution < 1.29 is 24.2 Å². The number of hydrogen-bond donors (Lipinski definition) is 2. The van der Waals surface area contributed by atoms with E-state index in [4.69, 9.17) is 9.84 Å². The summed E-state index contributed by atoms with van der Waals surface area (Å²) in [5.41, 5.74) is 0.654. The van der Waals surface area contributed by atoms with E-state index in [-0.39, 0.29) is 17.2 Å². The Morgan fingerprint density at radius 3 is 2.67 bits per heavy atom. The summed E-state index contributed by atoms with van der Waals surface area (Å²) in [5.74, 6) is -1.12. The topological polar surface area (TPSA) is 92.7 Å². The van der Waals surface area contributed by atoms with E-state index in [1.165, 1.54) is 19.1 Å². The largest absolute Gasteiger partial charge is 0.479 e. The Balaban J connectivity index is 2.92. The molecular formula is C15H19NO5. The van der Waals surface area contributed by atoms with Gasteiger partial charge in [-0.05, 0) is 31.0 Å². The van der Waals surface area contributed by atoms with Gasteiger partial charge in [-0.2, -0.15) is 0 Å². The molecule has 114 valence electrons. The van der Waals surface area contributed by atoms with Crippen molar-refractivity contribution in [1.82, 2.24) is 0 Å². The second-order valence-corrected chi connectivity index (χ2v) is 4.64. The number of ether oxygens (including phenoxy) is 1. The van der Waals surface area contributed by atoms with Gasteiger partial charge >= 0.3 is 5.97 Å². The minimum atomic E-state index is -1.06. The van der Waals surface area contributed by atoms with Gasteiger partial charge in [-0.1, -0.05) is 13.3 Å². The van der Waals surface area contributed by atoms with Gasteiger partial charge in [-0.25, -0.2) is 4.79 Å².